The lowest BCUT2D eigenvalue weighted by Crippen LogP contribution is -2.40. The van der Waals surface area contributed by atoms with Crippen molar-refractivity contribution in [3.8, 4) is 11.4 Å². The molecule has 3 heterocycles. The molecule has 204 valence electrons. The van der Waals surface area contributed by atoms with Crippen LogP contribution in [0, 0.1) is 18.3 Å². The zero-order chi connectivity index (χ0) is 27.5. The smallest absolute Gasteiger partial charge is 0.332 e. The third-order valence-corrected chi connectivity index (χ3v) is 8.11. The fraction of sp³-hybridized carbons (Fsp3) is 0.483. The van der Waals surface area contributed by atoms with E-state index in [0.717, 1.165) is 18.4 Å². The maximum atomic E-state index is 13.8. The highest BCUT2D eigenvalue weighted by molar-refractivity contribution is 5.85. The Balaban J connectivity index is 1.51. The van der Waals surface area contributed by atoms with E-state index in [1.54, 1.807) is 10.8 Å². The van der Waals surface area contributed by atoms with Gasteiger partial charge in [0.2, 0.25) is 0 Å². The Hall–Kier alpha value is -3.95. The number of esters is 1. The van der Waals surface area contributed by atoms with Crippen molar-refractivity contribution in [3.63, 3.8) is 0 Å². The normalized spacial score (nSPS) is 20.2. The lowest BCUT2D eigenvalue weighted by molar-refractivity contribution is -0.158. The number of nitrogens with zero attached hydrogens (tertiary/aromatic N) is 6. The molecule has 39 heavy (non-hydrogen) atoms. The number of carbonyl (C=O) groups excluding carboxylic acids is 1. The average molecular weight is 531 g/mol. The molecule has 1 unspecified atom stereocenters. The van der Waals surface area contributed by atoms with Gasteiger partial charge in [-0.05, 0) is 44.6 Å². The molecule has 0 N–H and O–H groups in total. The fourth-order valence-electron chi connectivity index (χ4n) is 5.61. The second-order valence-electron chi connectivity index (χ2n) is 10.9. The molecule has 4 aromatic rings. The van der Waals surface area contributed by atoms with Crippen LogP contribution in [0.2, 0.25) is 0 Å². The van der Waals surface area contributed by atoms with Gasteiger partial charge >= 0.3 is 11.7 Å². The highest BCUT2D eigenvalue weighted by atomic mass is 16.6. The van der Waals surface area contributed by atoms with Gasteiger partial charge in [0.1, 0.15) is 5.82 Å². The summed E-state index contributed by atoms with van der Waals surface area (Å²) < 4.78 is 12.4. The van der Waals surface area contributed by atoms with Gasteiger partial charge in [-0.3, -0.25) is 28.0 Å². The zero-order valence-electron chi connectivity index (χ0n) is 22.9. The molecular formula is C29H34N6O4. The zero-order valence-corrected chi connectivity index (χ0v) is 22.9. The Morgan fingerprint density at radius 3 is 2.59 bits per heavy atom. The molecule has 2 fully saturated rings. The first-order valence-corrected chi connectivity index (χ1v) is 13.9. The van der Waals surface area contributed by atoms with Crippen molar-refractivity contribution in [2.24, 2.45) is 11.3 Å². The molecule has 3 aromatic heterocycles. The molecule has 0 bridgehead atoms. The van der Waals surface area contributed by atoms with Gasteiger partial charge in [-0.2, -0.15) is 5.10 Å². The quantitative estimate of drug-likeness (QED) is 0.288. The molecular weight excluding hydrogens is 496 g/mol. The van der Waals surface area contributed by atoms with E-state index in [1.165, 1.54) is 14.7 Å². The SMILES string of the molecule is CCCn1c(=O)c2c(nc(-c3cnn(Cc4cccc(C)c4)c3)n2C(CC)OC(=O)C23CC2C3)n(CC)c1=O. The molecule has 1 atom stereocenters. The summed E-state index contributed by atoms with van der Waals surface area (Å²) in [5.74, 6) is 0.683. The Bertz CT molecular complexity index is 1700. The van der Waals surface area contributed by atoms with E-state index in [2.05, 4.69) is 30.2 Å². The monoisotopic (exact) mass is 530 g/mol. The third-order valence-electron chi connectivity index (χ3n) is 8.11. The number of hydrogen-bond acceptors (Lipinski definition) is 6. The van der Waals surface area contributed by atoms with E-state index in [4.69, 9.17) is 9.72 Å². The summed E-state index contributed by atoms with van der Waals surface area (Å²) in [4.78, 5) is 45.0. The number of hydrogen-bond donors (Lipinski definition) is 0. The molecule has 2 aliphatic carbocycles. The maximum Gasteiger partial charge on any atom is 0.332 e. The summed E-state index contributed by atoms with van der Waals surface area (Å²) in [5.41, 5.74) is 2.40. The number of aryl methyl sites for hydroxylation is 2. The molecule has 0 saturated heterocycles. The van der Waals surface area contributed by atoms with Crippen molar-refractivity contribution in [1.82, 2.24) is 28.5 Å². The van der Waals surface area contributed by atoms with E-state index >= 15 is 0 Å². The Morgan fingerprint density at radius 2 is 1.95 bits per heavy atom. The summed E-state index contributed by atoms with van der Waals surface area (Å²) in [6.45, 7) is 8.97. The topological polar surface area (TPSA) is 106 Å². The number of carbonyl (C=O) groups is 1. The minimum absolute atomic E-state index is 0.208. The fourth-order valence-corrected chi connectivity index (χ4v) is 5.61. The van der Waals surface area contributed by atoms with Gasteiger partial charge in [0.25, 0.3) is 5.56 Å². The average Bonchev–Trinajstić information content (AvgIpc) is 3.68. The molecule has 0 radical (unpaired) electrons. The first kappa shape index (κ1) is 25.3. The predicted octanol–water partition coefficient (Wildman–Crippen LogP) is 3.87. The lowest BCUT2D eigenvalue weighted by atomic mass is 10.1. The Morgan fingerprint density at radius 1 is 1.18 bits per heavy atom. The van der Waals surface area contributed by atoms with Crippen LogP contribution in [0.25, 0.3) is 22.6 Å². The van der Waals surface area contributed by atoms with Gasteiger partial charge in [0.15, 0.2) is 17.4 Å². The summed E-state index contributed by atoms with van der Waals surface area (Å²) >= 11 is 0. The maximum absolute atomic E-state index is 13.8. The van der Waals surface area contributed by atoms with Crippen molar-refractivity contribution < 1.29 is 9.53 Å². The Kier molecular flexibility index (Phi) is 6.08. The van der Waals surface area contributed by atoms with E-state index in [9.17, 15) is 14.4 Å². The number of rotatable bonds is 10. The lowest BCUT2D eigenvalue weighted by Gasteiger charge is -2.21. The highest BCUT2D eigenvalue weighted by Crippen LogP contribution is 2.76. The van der Waals surface area contributed by atoms with Gasteiger partial charge in [0.05, 0.1) is 23.7 Å². The second kappa shape index (κ2) is 9.36. The van der Waals surface area contributed by atoms with E-state index in [1.807, 2.05) is 37.7 Å². The predicted molar refractivity (Wildman–Crippen MR) is 146 cm³/mol. The molecule has 0 amide bonds. The second-order valence-corrected chi connectivity index (χ2v) is 10.9. The summed E-state index contributed by atoms with van der Waals surface area (Å²) in [7, 11) is 0. The van der Waals surface area contributed by atoms with Crippen LogP contribution in [0.5, 0.6) is 0 Å². The number of ether oxygens (including phenoxy) is 1. The standard InChI is InChI=1S/C29H34N6O4/c1-5-11-34-26(36)23-25(33(7-3)28(34)38)31-24(35(23)22(6-2)39-27(37)29-13-21(29)14-29)20-15-30-32(17-20)16-19-10-8-9-18(4)12-19/h8-10,12,15,17,21-22H,5-7,11,13-14,16H2,1-4H3. The van der Waals surface area contributed by atoms with Crippen LogP contribution in [-0.2, 0) is 29.2 Å². The van der Waals surface area contributed by atoms with Crippen molar-refractivity contribution in [2.45, 2.75) is 79.2 Å². The van der Waals surface area contributed by atoms with Crippen LogP contribution in [0.15, 0.2) is 46.2 Å². The van der Waals surface area contributed by atoms with Crippen molar-refractivity contribution in [2.75, 3.05) is 0 Å². The summed E-state index contributed by atoms with van der Waals surface area (Å²) in [6, 6.07) is 8.23. The number of imidazole rings is 1. The van der Waals surface area contributed by atoms with Crippen LogP contribution < -0.4 is 11.2 Å². The Labute approximate surface area is 225 Å². The number of fused-ring (bicyclic) bond motifs is 2. The highest BCUT2D eigenvalue weighted by Gasteiger charge is 2.76. The first-order chi connectivity index (χ1) is 18.8. The largest absolute Gasteiger partial charge is 0.441 e. The molecule has 2 saturated carbocycles. The van der Waals surface area contributed by atoms with Crippen LogP contribution in [-0.4, -0.2) is 34.4 Å². The van der Waals surface area contributed by atoms with Crippen LogP contribution >= 0.6 is 0 Å². The van der Waals surface area contributed by atoms with E-state index in [0.29, 0.717) is 55.4 Å². The molecule has 2 aliphatic rings. The molecule has 0 spiro atoms. The van der Waals surface area contributed by atoms with Gasteiger partial charge in [0, 0.05) is 25.7 Å². The van der Waals surface area contributed by atoms with Gasteiger partial charge < -0.3 is 4.74 Å². The molecule has 10 nitrogen and oxygen atoms in total. The first-order valence-electron chi connectivity index (χ1n) is 13.9. The van der Waals surface area contributed by atoms with Crippen molar-refractivity contribution in [1.29, 1.82) is 0 Å². The van der Waals surface area contributed by atoms with Crippen LogP contribution in [0.4, 0.5) is 0 Å². The van der Waals surface area contributed by atoms with Gasteiger partial charge in [-0.15, -0.1) is 0 Å². The minimum atomic E-state index is -0.737. The van der Waals surface area contributed by atoms with Crippen LogP contribution in [0.3, 0.4) is 0 Å². The summed E-state index contributed by atoms with van der Waals surface area (Å²) in [6.07, 6.45) is 5.68. The third kappa shape index (κ3) is 4.13. The number of benzene rings is 1. The minimum Gasteiger partial charge on any atom is -0.441 e. The van der Waals surface area contributed by atoms with E-state index in [-0.39, 0.29) is 22.6 Å². The van der Waals surface area contributed by atoms with Gasteiger partial charge in [-0.1, -0.05) is 43.7 Å². The van der Waals surface area contributed by atoms with Crippen molar-refractivity contribution >= 4 is 17.1 Å². The van der Waals surface area contributed by atoms with Crippen LogP contribution in [0.1, 0.15) is 63.8 Å². The molecule has 1 aromatic carbocycles. The molecule has 6 rings (SSSR count). The van der Waals surface area contributed by atoms with Crippen molar-refractivity contribution in [3.05, 3.63) is 68.6 Å². The number of aromatic nitrogens is 6. The summed E-state index contributed by atoms with van der Waals surface area (Å²) in [5, 5.41) is 4.56. The van der Waals surface area contributed by atoms with Gasteiger partial charge in [-0.25, -0.2) is 9.78 Å². The molecule has 10 heteroatoms. The molecule has 0 aliphatic heterocycles. The van der Waals surface area contributed by atoms with E-state index < -0.39 is 11.8 Å².